The Labute approximate surface area is 113 Å². The van der Waals surface area contributed by atoms with E-state index in [0.29, 0.717) is 0 Å². The Bertz CT molecular complexity index is 504. The van der Waals surface area contributed by atoms with E-state index in [1.807, 2.05) is 0 Å². The van der Waals surface area contributed by atoms with Crippen LogP contribution in [0.15, 0.2) is 24.3 Å². The van der Waals surface area contributed by atoms with Crippen LogP contribution < -0.4 is 10.1 Å². The van der Waals surface area contributed by atoms with E-state index in [1.54, 1.807) is 0 Å². The smallest absolute Gasteiger partial charge is 0.387 e. The van der Waals surface area contributed by atoms with Gasteiger partial charge in [0, 0.05) is 5.56 Å². The molecule has 8 heteroatoms. The number of nitrogens with one attached hydrogen (secondary N) is 1. The van der Waals surface area contributed by atoms with Crippen molar-refractivity contribution in [3.63, 3.8) is 0 Å². The maximum atomic E-state index is 12.0. The Balaban J connectivity index is 2.71. The van der Waals surface area contributed by atoms with Gasteiger partial charge in [-0.05, 0) is 25.1 Å². The molecule has 1 atom stereocenters. The first kappa shape index (κ1) is 15.8. The van der Waals surface area contributed by atoms with E-state index in [1.165, 1.54) is 18.2 Å². The number of halogens is 2. The zero-order valence-electron chi connectivity index (χ0n) is 10.5. The lowest BCUT2D eigenvalue weighted by Crippen LogP contribution is -2.46. The molecule has 0 spiro atoms. The van der Waals surface area contributed by atoms with Crippen LogP contribution in [0.2, 0.25) is 0 Å². The van der Waals surface area contributed by atoms with Crippen molar-refractivity contribution < 1.29 is 33.3 Å². The molecule has 0 aromatic heterocycles. The fourth-order valence-electron chi connectivity index (χ4n) is 1.24. The van der Waals surface area contributed by atoms with Gasteiger partial charge in [0.1, 0.15) is 5.75 Å². The number of aliphatic hydroxyl groups is 1. The van der Waals surface area contributed by atoms with Crippen molar-refractivity contribution in [1.82, 2.24) is 5.32 Å². The SMILES string of the molecule is CC(O)(CNC(=O)c1cccc(OC(F)F)c1)C(=O)O. The summed E-state index contributed by atoms with van der Waals surface area (Å²) in [6.45, 7) is -2.52. The number of hydrogen-bond donors (Lipinski definition) is 3. The second-order valence-electron chi connectivity index (χ2n) is 4.17. The van der Waals surface area contributed by atoms with Crippen molar-refractivity contribution in [2.24, 2.45) is 0 Å². The van der Waals surface area contributed by atoms with Crippen molar-refractivity contribution in [3.8, 4) is 5.75 Å². The standard InChI is InChI=1S/C12H13F2NO5/c1-12(19,10(17)18)6-15-9(16)7-3-2-4-8(5-7)20-11(13)14/h2-5,11,19H,6H2,1H3,(H,15,16)(H,17,18). The summed E-state index contributed by atoms with van der Waals surface area (Å²) in [6, 6.07) is 5.00. The molecule has 110 valence electrons. The quantitative estimate of drug-likeness (QED) is 0.721. The fraction of sp³-hybridized carbons (Fsp3) is 0.333. The molecule has 0 radical (unpaired) electrons. The number of aliphatic carboxylic acids is 1. The molecule has 1 unspecified atom stereocenters. The normalized spacial score (nSPS) is 13.7. The molecule has 0 saturated carbocycles. The molecule has 6 nitrogen and oxygen atoms in total. The Morgan fingerprint density at radius 2 is 2.10 bits per heavy atom. The number of carboxylic acid groups (broad SMARTS) is 1. The summed E-state index contributed by atoms with van der Waals surface area (Å²) >= 11 is 0. The lowest BCUT2D eigenvalue weighted by atomic mass is 10.1. The molecule has 0 aliphatic heterocycles. The molecule has 0 saturated heterocycles. The molecule has 1 rings (SSSR count). The monoisotopic (exact) mass is 289 g/mol. The molecule has 20 heavy (non-hydrogen) atoms. The molecule has 0 fully saturated rings. The Morgan fingerprint density at radius 1 is 1.45 bits per heavy atom. The Morgan fingerprint density at radius 3 is 2.65 bits per heavy atom. The van der Waals surface area contributed by atoms with Crippen LogP contribution in [0.4, 0.5) is 8.78 Å². The van der Waals surface area contributed by atoms with Gasteiger partial charge >= 0.3 is 12.6 Å². The average molecular weight is 289 g/mol. The van der Waals surface area contributed by atoms with Gasteiger partial charge in [-0.3, -0.25) is 4.79 Å². The summed E-state index contributed by atoms with van der Waals surface area (Å²) in [5.41, 5.74) is -2.11. The van der Waals surface area contributed by atoms with Gasteiger partial charge in [0.15, 0.2) is 5.60 Å². The first-order valence-electron chi connectivity index (χ1n) is 5.51. The molecule has 1 aromatic rings. The Kier molecular flexibility index (Phi) is 4.98. The summed E-state index contributed by atoms with van der Waals surface area (Å²) in [5.74, 6) is -2.41. The molecule has 0 aliphatic rings. The van der Waals surface area contributed by atoms with Gasteiger partial charge in [-0.25, -0.2) is 4.79 Å². The molecule has 0 bridgehead atoms. The molecular formula is C12H13F2NO5. The molecule has 3 N–H and O–H groups in total. The van der Waals surface area contributed by atoms with Crippen molar-refractivity contribution in [2.75, 3.05) is 6.54 Å². The number of amides is 1. The third-order valence-electron chi connectivity index (χ3n) is 2.38. The van der Waals surface area contributed by atoms with Gasteiger partial charge in [0.2, 0.25) is 0 Å². The predicted molar refractivity (Wildman–Crippen MR) is 63.7 cm³/mol. The molecule has 0 aliphatic carbocycles. The third-order valence-corrected chi connectivity index (χ3v) is 2.38. The zero-order chi connectivity index (χ0) is 15.3. The van der Waals surface area contributed by atoms with E-state index in [0.717, 1.165) is 13.0 Å². The molecule has 1 amide bonds. The molecular weight excluding hydrogens is 276 g/mol. The summed E-state index contributed by atoms with van der Waals surface area (Å²) in [6.07, 6.45) is 0. The van der Waals surface area contributed by atoms with Crippen molar-refractivity contribution in [1.29, 1.82) is 0 Å². The summed E-state index contributed by atoms with van der Waals surface area (Å²) in [5, 5.41) is 20.3. The number of carbonyl (C=O) groups is 2. The second kappa shape index (κ2) is 6.29. The fourth-order valence-corrected chi connectivity index (χ4v) is 1.24. The van der Waals surface area contributed by atoms with Gasteiger partial charge in [0.25, 0.3) is 5.91 Å². The van der Waals surface area contributed by atoms with Gasteiger partial charge in [-0.15, -0.1) is 0 Å². The highest BCUT2D eigenvalue weighted by molar-refractivity contribution is 5.95. The van der Waals surface area contributed by atoms with E-state index in [4.69, 9.17) is 5.11 Å². The van der Waals surface area contributed by atoms with Crippen molar-refractivity contribution in [3.05, 3.63) is 29.8 Å². The van der Waals surface area contributed by atoms with Crippen LogP contribution in [0.1, 0.15) is 17.3 Å². The summed E-state index contributed by atoms with van der Waals surface area (Å²) < 4.78 is 28.2. The first-order chi connectivity index (χ1) is 9.22. The van der Waals surface area contributed by atoms with Gasteiger partial charge in [-0.1, -0.05) is 6.07 Å². The van der Waals surface area contributed by atoms with Crippen molar-refractivity contribution in [2.45, 2.75) is 19.1 Å². The minimum absolute atomic E-state index is 0.00402. The highest BCUT2D eigenvalue weighted by atomic mass is 19.3. The largest absolute Gasteiger partial charge is 0.479 e. The predicted octanol–water partition coefficient (Wildman–Crippen LogP) is 0.853. The van der Waals surface area contributed by atoms with Crippen molar-refractivity contribution >= 4 is 11.9 Å². The topological polar surface area (TPSA) is 95.9 Å². The van der Waals surface area contributed by atoms with Gasteiger partial charge in [-0.2, -0.15) is 8.78 Å². The minimum atomic E-state index is -3.01. The van der Waals surface area contributed by atoms with Gasteiger partial charge < -0.3 is 20.3 Å². The molecule has 0 heterocycles. The van der Waals surface area contributed by atoms with Crippen LogP contribution in [0.5, 0.6) is 5.75 Å². The third kappa shape index (κ3) is 4.47. The van der Waals surface area contributed by atoms with Gasteiger partial charge in [0.05, 0.1) is 6.54 Å². The lowest BCUT2D eigenvalue weighted by Gasteiger charge is -2.18. The number of benzene rings is 1. The molecule has 1 aromatic carbocycles. The second-order valence-corrected chi connectivity index (χ2v) is 4.17. The average Bonchev–Trinajstić information content (AvgIpc) is 2.35. The number of alkyl halides is 2. The maximum absolute atomic E-state index is 12.0. The van der Waals surface area contributed by atoms with E-state index in [2.05, 4.69) is 10.1 Å². The Hall–Kier alpha value is -2.22. The summed E-state index contributed by atoms with van der Waals surface area (Å²) in [7, 11) is 0. The number of rotatable bonds is 6. The number of hydrogen-bond acceptors (Lipinski definition) is 4. The maximum Gasteiger partial charge on any atom is 0.387 e. The lowest BCUT2D eigenvalue weighted by molar-refractivity contribution is -0.155. The minimum Gasteiger partial charge on any atom is -0.479 e. The van der Waals surface area contributed by atoms with E-state index < -0.39 is 30.6 Å². The number of ether oxygens (including phenoxy) is 1. The van der Waals surface area contributed by atoms with Crippen LogP contribution in [0.3, 0.4) is 0 Å². The van der Waals surface area contributed by atoms with E-state index in [9.17, 15) is 23.5 Å². The van der Waals surface area contributed by atoms with Crippen LogP contribution in [-0.4, -0.2) is 40.8 Å². The van der Waals surface area contributed by atoms with Crippen LogP contribution in [0, 0.1) is 0 Å². The number of carbonyl (C=O) groups excluding carboxylic acids is 1. The van der Waals surface area contributed by atoms with Crippen LogP contribution in [-0.2, 0) is 4.79 Å². The summed E-state index contributed by atoms with van der Waals surface area (Å²) in [4.78, 5) is 22.3. The first-order valence-corrected chi connectivity index (χ1v) is 5.51. The zero-order valence-corrected chi connectivity index (χ0v) is 10.5. The number of carboxylic acids is 1. The highest BCUT2D eigenvalue weighted by Gasteiger charge is 2.30. The van der Waals surface area contributed by atoms with E-state index in [-0.39, 0.29) is 11.3 Å². The van der Waals surface area contributed by atoms with Crippen LogP contribution >= 0.6 is 0 Å². The highest BCUT2D eigenvalue weighted by Crippen LogP contribution is 2.16. The van der Waals surface area contributed by atoms with Crippen LogP contribution in [0.25, 0.3) is 0 Å². The van der Waals surface area contributed by atoms with E-state index >= 15 is 0 Å².